The van der Waals surface area contributed by atoms with Gasteiger partial charge in [-0.15, -0.1) is 0 Å². The number of esters is 1. The van der Waals surface area contributed by atoms with Crippen LogP contribution in [0.5, 0.6) is 5.75 Å². The summed E-state index contributed by atoms with van der Waals surface area (Å²) in [5.41, 5.74) is 2.26. The first-order valence-corrected chi connectivity index (χ1v) is 11.1. The molecule has 7 heteroatoms. The number of rotatable bonds is 7. The number of aliphatic hydroxyl groups is 1. The molecule has 0 spiro atoms. The number of amides is 1. The summed E-state index contributed by atoms with van der Waals surface area (Å²) in [6.07, 6.45) is 1.42. The van der Waals surface area contributed by atoms with E-state index in [0.29, 0.717) is 27.5 Å². The maximum Gasteiger partial charge on any atom is 0.345 e. The van der Waals surface area contributed by atoms with Gasteiger partial charge in [-0.05, 0) is 53.1 Å². The number of carbonyl (C=O) groups is 2. The first kappa shape index (κ1) is 23.9. The van der Waals surface area contributed by atoms with Crippen LogP contribution in [0, 0.1) is 0 Å². The van der Waals surface area contributed by atoms with Crippen molar-refractivity contribution in [3.8, 4) is 5.75 Å². The van der Waals surface area contributed by atoms with Gasteiger partial charge in [0.25, 0.3) is 5.91 Å². The van der Waals surface area contributed by atoms with E-state index in [4.69, 9.17) is 16.3 Å². The van der Waals surface area contributed by atoms with Crippen molar-refractivity contribution in [2.24, 2.45) is 5.10 Å². The van der Waals surface area contributed by atoms with E-state index in [9.17, 15) is 14.7 Å². The highest BCUT2D eigenvalue weighted by Gasteiger charge is 2.39. The molecule has 0 bridgehead atoms. The minimum atomic E-state index is -1.92. The van der Waals surface area contributed by atoms with Gasteiger partial charge in [0.15, 0.2) is 5.60 Å². The number of halogens is 1. The van der Waals surface area contributed by atoms with Crippen LogP contribution in [-0.2, 0) is 10.4 Å². The average molecular weight is 485 g/mol. The smallest absolute Gasteiger partial charge is 0.345 e. The summed E-state index contributed by atoms with van der Waals surface area (Å²) in [6, 6.07) is 30.5. The van der Waals surface area contributed by atoms with Crippen molar-refractivity contribution < 1.29 is 19.4 Å². The van der Waals surface area contributed by atoms with Crippen molar-refractivity contribution in [3.05, 3.63) is 136 Å². The van der Waals surface area contributed by atoms with E-state index in [1.165, 1.54) is 6.21 Å². The zero-order valence-corrected chi connectivity index (χ0v) is 19.2. The lowest BCUT2D eigenvalue weighted by Gasteiger charge is -2.27. The Kier molecular flexibility index (Phi) is 7.35. The number of nitrogens with one attached hydrogen (secondary N) is 1. The van der Waals surface area contributed by atoms with Crippen LogP contribution >= 0.6 is 11.6 Å². The summed E-state index contributed by atoms with van der Waals surface area (Å²) in [6.45, 7) is 0. The molecular weight excluding hydrogens is 464 g/mol. The van der Waals surface area contributed by atoms with Gasteiger partial charge in [0.1, 0.15) is 5.75 Å². The summed E-state index contributed by atoms with van der Waals surface area (Å²) in [5, 5.41) is 15.7. The summed E-state index contributed by atoms with van der Waals surface area (Å²) in [5.74, 6) is -0.930. The molecule has 1 amide bonds. The standard InChI is InChI=1S/C28H21ClN2O4/c29-25-14-8-7-13-24(25)26(32)35-23-17-15-20(16-18-23)19-30-31-27(33)28(34,21-9-3-1-4-10-21)22-11-5-2-6-12-22/h1-19,34H,(H,31,33)/b30-19-. The van der Waals surface area contributed by atoms with Crippen molar-refractivity contribution in [2.75, 3.05) is 0 Å². The zero-order valence-electron chi connectivity index (χ0n) is 18.5. The predicted molar refractivity (Wildman–Crippen MR) is 134 cm³/mol. The Morgan fingerprint density at radius 3 is 1.91 bits per heavy atom. The van der Waals surface area contributed by atoms with Crippen LogP contribution in [0.25, 0.3) is 0 Å². The Morgan fingerprint density at radius 2 is 1.34 bits per heavy atom. The van der Waals surface area contributed by atoms with Crippen molar-refractivity contribution in [2.45, 2.75) is 5.60 Å². The molecule has 0 heterocycles. The molecule has 0 saturated heterocycles. The average Bonchev–Trinajstić information content (AvgIpc) is 2.90. The molecule has 0 unspecified atom stereocenters. The molecule has 2 N–H and O–H groups in total. The third-order valence-corrected chi connectivity index (χ3v) is 5.61. The van der Waals surface area contributed by atoms with Crippen molar-refractivity contribution >= 4 is 29.7 Å². The first-order chi connectivity index (χ1) is 17.0. The Hall–Kier alpha value is -4.26. The Labute approximate surface area is 207 Å². The second-order valence-electron chi connectivity index (χ2n) is 7.58. The molecule has 4 aromatic rings. The van der Waals surface area contributed by atoms with Crippen LogP contribution in [0.15, 0.2) is 114 Å². The third-order valence-electron chi connectivity index (χ3n) is 5.28. The van der Waals surface area contributed by atoms with Crippen LogP contribution in [0.3, 0.4) is 0 Å². The van der Waals surface area contributed by atoms with Gasteiger partial charge in [0.2, 0.25) is 0 Å². The number of carbonyl (C=O) groups excluding carboxylic acids is 2. The Morgan fingerprint density at radius 1 is 0.800 bits per heavy atom. The molecule has 0 aliphatic heterocycles. The molecule has 0 fully saturated rings. The van der Waals surface area contributed by atoms with Gasteiger partial charge in [-0.2, -0.15) is 5.10 Å². The number of nitrogens with zero attached hydrogens (tertiary/aromatic N) is 1. The second kappa shape index (κ2) is 10.8. The lowest BCUT2D eigenvalue weighted by Crippen LogP contribution is -2.43. The molecule has 0 radical (unpaired) electrons. The molecule has 4 rings (SSSR count). The number of ether oxygens (including phenoxy) is 1. The number of hydrogen-bond acceptors (Lipinski definition) is 5. The number of hydrogen-bond donors (Lipinski definition) is 2. The molecule has 4 aromatic carbocycles. The molecule has 0 saturated carbocycles. The highest BCUT2D eigenvalue weighted by atomic mass is 35.5. The molecular formula is C28H21ClN2O4. The summed E-state index contributed by atoms with van der Waals surface area (Å²) < 4.78 is 5.35. The normalized spacial score (nSPS) is 11.3. The topological polar surface area (TPSA) is 88.0 Å². The molecule has 0 aliphatic rings. The van der Waals surface area contributed by atoms with Crippen molar-refractivity contribution in [1.29, 1.82) is 0 Å². The van der Waals surface area contributed by atoms with Crippen LogP contribution in [-0.4, -0.2) is 23.2 Å². The number of benzene rings is 4. The van der Waals surface area contributed by atoms with E-state index in [-0.39, 0.29) is 5.56 Å². The van der Waals surface area contributed by atoms with Gasteiger partial charge in [-0.25, -0.2) is 10.2 Å². The third kappa shape index (κ3) is 5.46. The highest BCUT2D eigenvalue weighted by molar-refractivity contribution is 6.33. The largest absolute Gasteiger partial charge is 0.423 e. The fourth-order valence-electron chi connectivity index (χ4n) is 3.44. The lowest BCUT2D eigenvalue weighted by molar-refractivity contribution is -0.136. The SMILES string of the molecule is O=C(Oc1ccc(/C=N\NC(=O)C(O)(c2ccccc2)c2ccccc2)cc1)c1ccccc1Cl. The van der Waals surface area contributed by atoms with E-state index in [0.717, 1.165) is 0 Å². The molecule has 6 nitrogen and oxygen atoms in total. The van der Waals surface area contributed by atoms with Crippen LogP contribution < -0.4 is 10.2 Å². The minimum Gasteiger partial charge on any atom is -0.423 e. The first-order valence-electron chi connectivity index (χ1n) is 10.7. The fourth-order valence-corrected chi connectivity index (χ4v) is 3.66. The van der Waals surface area contributed by atoms with Crippen LogP contribution in [0.4, 0.5) is 0 Å². The summed E-state index contributed by atoms with van der Waals surface area (Å²) >= 11 is 6.03. The van der Waals surface area contributed by atoms with Gasteiger partial charge in [-0.1, -0.05) is 84.4 Å². The van der Waals surface area contributed by atoms with Crippen molar-refractivity contribution in [3.63, 3.8) is 0 Å². The van der Waals surface area contributed by atoms with E-state index in [1.807, 2.05) is 0 Å². The predicted octanol–water partition coefficient (Wildman–Crippen LogP) is 4.95. The minimum absolute atomic E-state index is 0.270. The molecule has 0 aliphatic carbocycles. The van der Waals surface area contributed by atoms with E-state index in [2.05, 4.69) is 10.5 Å². The van der Waals surface area contributed by atoms with E-state index >= 15 is 0 Å². The van der Waals surface area contributed by atoms with Gasteiger partial charge < -0.3 is 9.84 Å². The number of hydrazone groups is 1. The van der Waals surface area contributed by atoms with E-state index < -0.39 is 17.5 Å². The monoisotopic (exact) mass is 484 g/mol. The Bertz CT molecular complexity index is 1300. The molecule has 35 heavy (non-hydrogen) atoms. The highest BCUT2D eigenvalue weighted by Crippen LogP contribution is 2.29. The van der Waals surface area contributed by atoms with Gasteiger partial charge in [-0.3, -0.25) is 4.79 Å². The van der Waals surface area contributed by atoms with Crippen LogP contribution in [0.1, 0.15) is 27.0 Å². The second-order valence-corrected chi connectivity index (χ2v) is 7.99. The van der Waals surface area contributed by atoms with Crippen LogP contribution in [0.2, 0.25) is 5.02 Å². The van der Waals surface area contributed by atoms with Crippen molar-refractivity contribution in [1.82, 2.24) is 5.43 Å². The quantitative estimate of drug-likeness (QED) is 0.168. The molecule has 174 valence electrons. The maximum atomic E-state index is 13.1. The fraction of sp³-hybridized carbons (Fsp3) is 0.0357. The molecule has 0 aromatic heterocycles. The van der Waals surface area contributed by atoms with E-state index in [1.54, 1.807) is 109 Å². The zero-order chi connectivity index (χ0) is 24.7. The summed E-state index contributed by atoms with van der Waals surface area (Å²) in [7, 11) is 0. The lowest BCUT2D eigenvalue weighted by atomic mass is 9.85. The van der Waals surface area contributed by atoms with Gasteiger partial charge in [0.05, 0.1) is 16.8 Å². The van der Waals surface area contributed by atoms with Gasteiger partial charge in [0, 0.05) is 0 Å². The maximum absolute atomic E-state index is 13.1. The summed E-state index contributed by atoms with van der Waals surface area (Å²) in [4.78, 5) is 25.3. The van der Waals surface area contributed by atoms with Gasteiger partial charge >= 0.3 is 5.97 Å². The Balaban J connectivity index is 1.45. The molecule has 0 atom stereocenters.